The molecule has 2 N–H and O–H groups in total. The molecule has 0 aromatic carbocycles. The fourth-order valence-corrected chi connectivity index (χ4v) is 1.81. The van der Waals surface area contributed by atoms with E-state index in [1.165, 1.54) is 11.3 Å². The van der Waals surface area contributed by atoms with Gasteiger partial charge in [0.1, 0.15) is 0 Å². The maximum atomic E-state index is 11.4. The van der Waals surface area contributed by atoms with E-state index in [4.69, 9.17) is 4.74 Å². The number of rotatable bonds is 6. The monoisotopic (exact) mass is 284 g/mol. The molecule has 6 nitrogen and oxygen atoms in total. The second-order valence-electron chi connectivity index (χ2n) is 3.75. The van der Waals surface area contributed by atoms with Crippen LogP contribution in [0.25, 0.3) is 0 Å². The van der Waals surface area contributed by atoms with E-state index in [0.717, 1.165) is 12.8 Å². The summed E-state index contributed by atoms with van der Waals surface area (Å²) in [5.74, 6) is -1.24. The average Bonchev–Trinajstić information content (AvgIpc) is 2.90. The molecule has 0 aliphatic carbocycles. The van der Waals surface area contributed by atoms with Crippen molar-refractivity contribution in [3.8, 4) is 0 Å². The Labute approximate surface area is 115 Å². The van der Waals surface area contributed by atoms with Gasteiger partial charge in [0.15, 0.2) is 6.61 Å². The van der Waals surface area contributed by atoms with Gasteiger partial charge in [0.05, 0.1) is 5.56 Å². The number of nitrogens with one attached hydrogen (secondary N) is 2. The summed E-state index contributed by atoms with van der Waals surface area (Å²) < 4.78 is 4.75. The van der Waals surface area contributed by atoms with Crippen molar-refractivity contribution >= 4 is 29.2 Å². The molecule has 0 aliphatic heterocycles. The van der Waals surface area contributed by atoms with Gasteiger partial charge in [-0.2, -0.15) is 11.3 Å². The molecule has 0 unspecified atom stereocenters. The summed E-state index contributed by atoms with van der Waals surface area (Å²) in [7, 11) is 0. The highest BCUT2D eigenvalue weighted by Crippen LogP contribution is 2.06. The summed E-state index contributed by atoms with van der Waals surface area (Å²) in [4.78, 5) is 33.9. The Balaban J connectivity index is 2.20. The Morgan fingerprint density at radius 3 is 2.79 bits per heavy atom. The second-order valence-corrected chi connectivity index (χ2v) is 4.53. The molecule has 1 aromatic heterocycles. The number of urea groups is 1. The fraction of sp³-hybridized carbons (Fsp3) is 0.417. The molecule has 7 heteroatoms. The Hall–Kier alpha value is -1.89. The number of hydrogen-bond acceptors (Lipinski definition) is 5. The molecule has 0 fully saturated rings. The predicted molar refractivity (Wildman–Crippen MR) is 71.1 cm³/mol. The van der Waals surface area contributed by atoms with Crippen molar-refractivity contribution in [1.29, 1.82) is 0 Å². The van der Waals surface area contributed by atoms with E-state index >= 15 is 0 Å². The van der Waals surface area contributed by atoms with Gasteiger partial charge in [-0.1, -0.05) is 13.3 Å². The van der Waals surface area contributed by atoms with Crippen molar-refractivity contribution < 1.29 is 19.1 Å². The zero-order chi connectivity index (χ0) is 14.1. The number of ether oxygens (including phenoxy) is 1. The van der Waals surface area contributed by atoms with Gasteiger partial charge in [0.2, 0.25) is 0 Å². The Bertz CT molecular complexity index is 431. The summed E-state index contributed by atoms with van der Waals surface area (Å²) in [5, 5.41) is 7.95. The first-order valence-electron chi connectivity index (χ1n) is 5.90. The number of amides is 3. The third kappa shape index (κ3) is 6.01. The number of unbranched alkanes of at least 4 members (excludes halogenated alkanes) is 1. The Morgan fingerprint density at radius 1 is 1.37 bits per heavy atom. The molecule has 104 valence electrons. The van der Waals surface area contributed by atoms with Crippen molar-refractivity contribution in [3.05, 3.63) is 22.4 Å². The van der Waals surface area contributed by atoms with Crippen LogP contribution in [-0.4, -0.2) is 31.1 Å². The van der Waals surface area contributed by atoms with Crippen LogP contribution in [0.5, 0.6) is 0 Å². The topological polar surface area (TPSA) is 84.5 Å². The quantitative estimate of drug-likeness (QED) is 0.613. The molecule has 3 amide bonds. The van der Waals surface area contributed by atoms with E-state index < -0.39 is 24.5 Å². The molecular formula is C12H16N2O4S. The SMILES string of the molecule is CCCCNC(=O)NC(=O)COC(=O)c1ccsc1. The minimum absolute atomic E-state index is 0.394. The minimum Gasteiger partial charge on any atom is -0.452 e. The van der Waals surface area contributed by atoms with Gasteiger partial charge in [-0.25, -0.2) is 9.59 Å². The van der Waals surface area contributed by atoms with Crippen LogP contribution in [0.4, 0.5) is 4.79 Å². The summed E-state index contributed by atoms with van der Waals surface area (Å²) in [6, 6.07) is 1.02. The summed E-state index contributed by atoms with van der Waals surface area (Å²) in [5.41, 5.74) is 0.394. The first kappa shape index (κ1) is 15.2. The van der Waals surface area contributed by atoms with Crippen LogP contribution in [0.2, 0.25) is 0 Å². The van der Waals surface area contributed by atoms with Crippen molar-refractivity contribution in [2.75, 3.05) is 13.2 Å². The standard InChI is InChI=1S/C12H16N2O4S/c1-2-3-5-13-12(17)14-10(15)7-18-11(16)9-4-6-19-8-9/h4,6,8H,2-3,5,7H2,1H3,(H2,13,14,15,17). The highest BCUT2D eigenvalue weighted by Gasteiger charge is 2.12. The van der Waals surface area contributed by atoms with E-state index in [2.05, 4.69) is 10.6 Å². The van der Waals surface area contributed by atoms with Crippen molar-refractivity contribution in [2.24, 2.45) is 0 Å². The van der Waals surface area contributed by atoms with Gasteiger partial charge in [-0.05, 0) is 17.9 Å². The molecule has 0 saturated carbocycles. The van der Waals surface area contributed by atoms with E-state index in [9.17, 15) is 14.4 Å². The van der Waals surface area contributed by atoms with Crippen LogP contribution in [-0.2, 0) is 9.53 Å². The average molecular weight is 284 g/mol. The van der Waals surface area contributed by atoms with Gasteiger partial charge in [0.25, 0.3) is 5.91 Å². The predicted octanol–water partition coefficient (Wildman–Crippen LogP) is 1.53. The molecule has 0 radical (unpaired) electrons. The van der Waals surface area contributed by atoms with Gasteiger partial charge >= 0.3 is 12.0 Å². The number of thiophene rings is 1. The fourth-order valence-electron chi connectivity index (χ4n) is 1.18. The van der Waals surface area contributed by atoms with Crippen molar-refractivity contribution in [2.45, 2.75) is 19.8 Å². The summed E-state index contributed by atoms with van der Waals surface area (Å²) >= 11 is 1.36. The molecule has 0 bridgehead atoms. The molecule has 0 aliphatic rings. The minimum atomic E-state index is -0.655. The van der Waals surface area contributed by atoms with Crippen LogP contribution in [0.3, 0.4) is 0 Å². The Morgan fingerprint density at radius 2 is 2.16 bits per heavy atom. The first-order valence-corrected chi connectivity index (χ1v) is 6.84. The number of carbonyl (C=O) groups excluding carboxylic acids is 3. The normalized spacial score (nSPS) is 9.74. The van der Waals surface area contributed by atoms with Gasteiger partial charge in [0, 0.05) is 11.9 Å². The second kappa shape index (κ2) is 8.25. The molecule has 0 spiro atoms. The first-order chi connectivity index (χ1) is 9.13. The highest BCUT2D eigenvalue weighted by atomic mass is 32.1. The lowest BCUT2D eigenvalue weighted by atomic mass is 10.3. The lowest BCUT2D eigenvalue weighted by molar-refractivity contribution is -0.123. The maximum Gasteiger partial charge on any atom is 0.339 e. The molecular weight excluding hydrogens is 268 g/mol. The third-order valence-corrected chi connectivity index (χ3v) is 2.84. The lowest BCUT2D eigenvalue weighted by Crippen LogP contribution is -2.41. The van der Waals surface area contributed by atoms with E-state index in [0.29, 0.717) is 12.1 Å². The number of carbonyl (C=O) groups is 3. The van der Waals surface area contributed by atoms with Crippen molar-refractivity contribution in [3.63, 3.8) is 0 Å². The van der Waals surface area contributed by atoms with Gasteiger partial charge in [-0.15, -0.1) is 0 Å². The number of hydrogen-bond donors (Lipinski definition) is 2. The van der Waals surface area contributed by atoms with E-state index in [1.807, 2.05) is 6.92 Å². The molecule has 0 saturated heterocycles. The molecule has 1 aromatic rings. The number of imide groups is 1. The maximum absolute atomic E-state index is 11.4. The van der Waals surface area contributed by atoms with Crippen LogP contribution >= 0.6 is 11.3 Å². The van der Waals surface area contributed by atoms with Crippen LogP contribution in [0.15, 0.2) is 16.8 Å². The molecule has 1 heterocycles. The zero-order valence-corrected chi connectivity index (χ0v) is 11.4. The lowest BCUT2D eigenvalue weighted by Gasteiger charge is -2.06. The number of esters is 1. The van der Waals surface area contributed by atoms with E-state index in [-0.39, 0.29) is 0 Å². The zero-order valence-electron chi connectivity index (χ0n) is 10.6. The summed E-state index contributed by atoms with van der Waals surface area (Å²) in [6.07, 6.45) is 1.79. The molecule has 1 rings (SSSR count). The van der Waals surface area contributed by atoms with Crippen LogP contribution in [0, 0.1) is 0 Å². The van der Waals surface area contributed by atoms with Crippen molar-refractivity contribution in [1.82, 2.24) is 10.6 Å². The smallest absolute Gasteiger partial charge is 0.339 e. The summed E-state index contributed by atoms with van der Waals surface area (Å²) in [6.45, 7) is 2.02. The molecule has 19 heavy (non-hydrogen) atoms. The van der Waals surface area contributed by atoms with E-state index in [1.54, 1.807) is 16.8 Å². The Kier molecular flexibility index (Phi) is 6.59. The van der Waals surface area contributed by atoms with Gasteiger partial charge in [-0.3, -0.25) is 10.1 Å². The third-order valence-electron chi connectivity index (χ3n) is 2.16. The van der Waals surface area contributed by atoms with Crippen LogP contribution < -0.4 is 10.6 Å². The molecule has 0 atom stereocenters. The van der Waals surface area contributed by atoms with Crippen LogP contribution in [0.1, 0.15) is 30.1 Å². The highest BCUT2D eigenvalue weighted by molar-refractivity contribution is 7.08. The van der Waals surface area contributed by atoms with Gasteiger partial charge < -0.3 is 10.1 Å². The largest absolute Gasteiger partial charge is 0.452 e.